The molecule has 0 bridgehead atoms. The van der Waals surface area contributed by atoms with Gasteiger partial charge in [0.25, 0.3) is 0 Å². The standard InChI is InChI=1S/C15H16FN3/c1-19(2)14-7-5-11(6-8-14)12-3-4-13(10-18-17)15(16)9-12/h3-10H,17H2,1-2H3. The van der Waals surface area contributed by atoms with Gasteiger partial charge in [-0.25, -0.2) is 4.39 Å². The van der Waals surface area contributed by atoms with Gasteiger partial charge in [0.05, 0.1) is 6.21 Å². The van der Waals surface area contributed by atoms with Gasteiger partial charge in [0, 0.05) is 25.3 Å². The summed E-state index contributed by atoms with van der Waals surface area (Å²) in [7, 11) is 3.96. The van der Waals surface area contributed by atoms with Crippen LogP contribution in [0.1, 0.15) is 5.56 Å². The lowest BCUT2D eigenvalue weighted by molar-refractivity contribution is 0.626. The van der Waals surface area contributed by atoms with E-state index in [1.807, 2.05) is 49.3 Å². The Morgan fingerprint density at radius 2 is 1.68 bits per heavy atom. The number of anilines is 1. The number of halogens is 1. The molecule has 2 aromatic rings. The fourth-order valence-electron chi connectivity index (χ4n) is 1.84. The summed E-state index contributed by atoms with van der Waals surface area (Å²) in [5.41, 5.74) is 3.30. The summed E-state index contributed by atoms with van der Waals surface area (Å²) in [6.07, 6.45) is 1.30. The van der Waals surface area contributed by atoms with Gasteiger partial charge in [-0.15, -0.1) is 0 Å². The van der Waals surface area contributed by atoms with E-state index in [1.54, 1.807) is 6.07 Å². The zero-order valence-electron chi connectivity index (χ0n) is 11.0. The van der Waals surface area contributed by atoms with Crippen LogP contribution in [0.4, 0.5) is 10.1 Å². The van der Waals surface area contributed by atoms with E-state index < -0.39 is 0 Å². The van der Waals surface area contributed by atoms with Crippen LogP contribution < -0.4 is 10.7 Å². The lowest BCUT2D eigenvalue weighted by Gasteiger charge is -2.12. The maximum absolute atomic E-state index is 13.8. The number of nitrogens with zero attached hydrogens (tertiary/aromatic N) is 2. The lowest BCUT2D eigenvalue weighted by Crippen LogP contribution is -2.07. The molecule has 3 nitrogen and oxygen atoms in total. The molecule has 98 valence electrons. The normalized spacial score (nSPS) is 10.9. The minimum absolute atomic E-state index is 0.330. The predicted molar refractivity (Wildman–Crippen MR) is 77.9 cm³/mol. The maximum Gasteiger partial charge on any atom is 0.132 e. The fraction of sp³-hybridized carbons (Fsp3) is 0.133. The molecule has 0 aromatic heterocycles. The number of rotatable bonds is 3. The number of hydrazone groups is 1. The SMILES string of the molecule is CN(C)c1ccc(-c2ccc(C=NN)c(F)c2)cc1. The molecule has 2 aromatic carbocycles. The van der Waals surface area contributed by atoms with Crippen molar-refractivity contribution in [1.29, 1.82) is 0 Å². The van der Waals surface area contributed by atoms with Crippen LogP contribution in [0.25, 0.3) is 11.1 Å². The average Bonchev–Trinajstić information content (AvgIpc) is 2.41. The molecule has 4 heteroatoms. The molecule has 0 heterocycles. The Hall–Kier alpha value is -2.36. The molecule has 2 rings (SSSR count). The maximum atomic E-state index is 13.8. The molecular weight excluding hydrogens is 241 g/mol. The number of nitrogens with two attached hydrogens (primary N) is 1. The number of hydrogen-bond donors (Lipinski definition) is 1. The highest BCUT2D eigenvalue weighted by atomic mass is 19.1. The third kappa shape index (κ3) is 2.91. The second-order valence-electron chi connectivity index (χ2n) is 4.46. The smallest absolute Gasteiger partial charge is 0.132 e. The molecule has 2 N–H and O–H groups in total. The van der Waals surface area contributed by atoms with Gasteiger partial charge in [-0.2, -0.15) is 5.10 Å². The molecule has 0 spiro atoms. The molecule has 0 unspecified atom stereocenters. The van der Waals surface area contributed by atoms with E-state index in [0.29, 0.717) is 5.56 Å². The molecule has 0 aliphatic heterocycles. The minimum atomic E-state index is -0.330. The highest BCUT2D eigenvalue weighted by Crippen LogP contribution is 2.24. The summed E-state index contributed by atoms with van der Waals surface area (Å²) >= 11 is 0. The van der Waals surface area contributed by atoms with E-state index in [2.05, 4.69) is 5.10 Å². The van der Waals surface area contributed by atoms with Crippen molar-refractivity contribution in [3.63, 3.8) is 0 Å². The third-order valence-corrected chi connectivity index (χ3v) is 2.93. The molecule has 0 saturated carbocycles. The first-order chi connectivity index (χ1) is 9.11. The first-order valence-electron chi connectivity index (χ1n) is 5.92. The first-order valence-corrected chi connectivity index (χ1v) is 5.92. The minimum Gasteiger partial charge on any atom is -0.378 e. The van der Waals surface area contributed by atoms with Gasteiger partial charge in [0.1, 0.15) is 5.82 Å². The van der Waals surface area contributed by atoms with Gasteiger partial charge < -0.3 is 10.7 Å². The van der Waals surface area contributed by atoms with E-state index in [9.17, 15) is 4.39 Å². The van der Waals surface area contributed by atoms with Crippen molar-refractivity contribution in [3.05, 3.63) is 53.8 Å². The molecule has 0 fully saturated rings. The predicted octanol–water partition coefficient (Wildman–Crippen LogP) is 2.85. The Morgan fingerprint density at radius 3 is 2.21 bits per heavy atom. The van der Waals surface area contributed by atoms with E-state index in [-0.39, 0.29) is 5.82 Å². The highest BCUT2D eigenvalue weighted by Gasteiger charge is 2.04. The average molecular weight is 257 g/mol. The van der Waals surface area contributed by atoms with Crippen LogP contribution in [0.2, 0.25) is 0 Å². The van der Waals surface area contributed by atoms with Gasteiger partial charge >= 0.3 is 0 Å². The zero-order valence-corrected chi connectivity index (χ0v) is 11.0. The summed E-state index contributed by atoms with van der Waals surface area (Å²) < 4.78 is 13.8. The van der Waals surface area contributed by atoms with Crippen molar-refractivity contribution in [2.24, 2.45) is 10.9 Å². The van der Waals surface area contributed by atoms with Crippen molar-refractivity contribution >= 4 is 11.9 Å². The van der Waals surface area contributed by atoms with Gasteiger partial charge in [0.2, 0.25) is 0 Å². The zero-order chi connectivity index (χ0) is 13.8. The van der Waals surface area contributed by atoms with Crippen LogP contribution in [0.5, 0.6) is 0 Å². The third-order valence-electron chi connectivity index (χ3n) is 2.93. The van der Waals surface area contributed by atoms with Crippen molar-refractivity contribution in [3.8, 4) is 11.1 Å². The van der Waals surface area contributed by atoms with E-state index in [0.717, 1.165) is 16.8 Å². The van der Waals surface area contributed by atoms with E-state index in [1.165, 1.54) is 12.3 Å². The van der Waals surface area contributed by atoms with Crippen molar-refractivity contribution < 1.29 is 4.39 Å². The molecule has 0 radical (unpaired) electrons. The monoisotopic (exact) mass is 257 g/mol. The summed E-state index contributed by atoms with van der Waals surface area (Å²) in [5, 5.41) is 3.33. The molecule has 0 aliphatic carbocycles. The molecule has 0 aliphatic rings. The van der Waals surface area contributed by atoms with Crippen LogP contribution >= 0.6 is 0 Å². The van der Waals surface area contributed by atoms with Crippen LogP contribution in [0.15, 0.2) is 47.6 Å². The Morgan fingerprint density at radius 1 is 1.05 bits per heavy atom. The Labute approximate surface area is 112 Å². The second-order valence-corrected chi connectivity index (χ2v) is 4.46. The summed E-state index contributed by atoms with van der Waals surface area (Å²) in [6.45, 7) is 0. The molecular formula is C15H16FN3. The van der Waals surface area contributed by atoms with Crippen molar-refractivity contribution in [2.45, 2.75) is 0 Å². The van der Waals surface area contributed by atoms with Crippen LogP contribution in [0.3, 0.4) is 0 Å². The number of hydrogen-bond acceptors (Lipinski definition) is 3. The molecule has 19 heavy (non-hydrogen) atoms. The Balaban J connectivity index is 2.34. The quantitative estimate of drug-likeness (QED) is 0.522. The fourth-order valence-corrected chi connectivity index (χ4v) is 1.84. The van der Waals surface area contributed by atoms with Gasteiger partial charge in [-0.1, -0.05) is 18.2 Å². The largest absolute Gasteiger partial charge is 0.378 e. The first kappa shape index (κ1) is 13.1. The van der Waals surface area contributed by atoms with Crippen LogP contribution in [-0.2, 0) is 0 Å². The second kappa shape index (κ2) is 5.52. The summed E-state index contributed by atoms with van der Waals surface area (Å²) in [5.74, 6) is 4.69. The van der Waals surface area contributed by atoms with Gasteiger partial charge in [0.15, 0.2) is 0 Å². The van der Waals surface area contributed by atoms with Gasteiger partial charge in [-0.3, -0.25) is 0 Å². The van der Waals surface area contributed by atoms with Gasteiger partial charge in [-0.05, 0) is 35.4 Å². The van der Waals surface area contributed by atoms with E-state index in [4.69, 9.17) is 5.84 Å². The Bertz CT molecular complexity index is 589. The summed E-state index contributed by atoms with van der Waals surface area (Å²) in [6, 6.07) is 13.0. The van der Waals surface area contributed by atoms with Crippen molar-refractivity contribution in [2.75, 3.05) is 19.0 Å². The topological polar surface area (TPSA) is 41.6 Å². The Kier molecular flexibility index (Phi) is 3.80. The van der Waals surface area contributed by atoms with Crippen molar-refractivity contribution in [1.82, 2.24) is 0 Å². The molecule has 0 amide bonds. The highest BCUT2D eigenvalue weighted by molar-refractivity contribution is 5.81. The molecule has 0 atom stereocenters. The van der Waals surface area contributed by atoms with Crippen LogP contribution in [0, 0.1) is 5.82 Å². The van der Waals surface area contributed by atoms with E-state index >= 15 is 0 Å². The molecule has 0 saturated heterocycles. The lowest BCUT2D eigenvalue weighted by atomic mass is 10.0. The number of benzene rings is 2. The summed E-state index contributed by atoms with van der Waals surface area (Å²) in [4.78, 5) is 2.02. The van der Waals surface area contributed by atoms with Crippen LogP contribution in [-0.4, -0.2) is 20.3 Å².